The molecular weight excluding hydrogens is 432 g/mol. The molecule has 0 aliphatic heterocycles. The second-order valence-electron chi connectivity index (χ2n) is 7.51. The third kappa shape index (κ3) is 3.48. The summed E-state index contributed by atoms with van der Waals surface area (Å²) < 4.78 is 11.2. The molecule has 0 unspecified atom stereocenters. The number of ether oxygens (including phenoxy) is 1. The van der Waals surface area contributed by atoms with Crippen LogP contribution >= 0.6 is 0 Å². The first-order chi connectivity index (χ1) is 16.6. The number of fused-ring (bicyclic) bond motifs is 1. The number of amides is 1. The minimum Gasteiger partial charge on any atom is -0.445 e. The van der Waals surface area contributed by atoms with Gasteiger partial charge in [-0.25, -0.2) is 4.98 Å². The van der Waals surface area contributed by atoms with E-state index in [1.165, 1.54) is 19.6 Å². The van der Waals surface area contributed by atoms with E-state index in [1.807, 2.05) is 19.1 Å². The van der Waals surface area contributed by atoms with Crippen LogP contribution in [-0.2, 0) is 15.1 Å². The normalized spacial score (nSPS) is 12.9. The van der Waals surface area contributed by atoms with Gasteiger partial charge in [-0.05, 0) is 36.8 Å². The van der Waals surface area contributed by atoms with E-state index in [-0.39, 0.29) is 5.89 Å². The standard InChI is InChI=1S/C25H20N6O3/c1-16-18(19-14-26-12-17-6-5-9-29-22(17)19)13-27-15-20(16)31-23(32)25(33-2,24-30-10-11-34-24)21-7-3-4-8-28-21/h3-15H,1-2H3,(H,31,32)/t25-/m1/s1. The van der Waals surface area contributed by atoms with Crippen LogP contribution in [0.1, 0.15) is 17.1 Å². The molecule has 168 valence electrons. The number of hydrogen-bond donors (Lipinski definition) is 1. The summed E-state index contributed by atoms with van der Waals surface area (Å²) in [6.45, 7) is 1.90. The van der Waals surface area contributed by atoms with Crippen LogP contribution in [0, 0.1) is 6.92 Å². The van der Waals surface area contributed by atoms with E-state index in [1.54, 1.807) is 55.4 Å². The molecular formula is C25H20N6O3. The summed E-state index contributed by atoms with van der Waals surface area (Å²) in [6.07, 6.45) is 13.0. The molecule has 0 spiro atoms. The quantitative estimate of drug-likeness (QED) is 0.412. The Morgan fingerprint density at radius 3 is 2.53 bits per heavy atom. The first kappa shape index (κ1) is 21.4. The van der Waals surface area contributed by atoms with Gasteiger partial charge in [0.25, 0.3) is 11.5 Å². The second-order valence-corrected chi connectivity index (χ2v) is 7.51. The van der Waals surface area contributed by atoms with Crippen LogP contribution in [0.4, 0.5) is 5.69 Å². The smallest absolute Gasteiger partial charge is 0.272 e. The minimum absolute atomic E-state index is 0.0652. The van der Waals surface area contributed by atoms with Crippen LogP contribution in [0.3, 0.4) is 0 Å². The van der Waals surface area contributed by atoms with Crippen LogP contribution < -0.4 is 5.32 Å². The number of methoxy groups -OCH3 is 1. The van der Waals surface area contributed by atoms with E-state index in [0.717, 1.165) is 27.6 Å². The molecule has 9 nitrogen and oxygen atoms in total. The maximum Gasteiger partial charge on any atom is 0.272 e. The zero-order chi connectivity index (χ0) is 23.5. The van der Waals surface area contributed by atoms with Gasteiger partial charge in [-0.15, -0.1) is 0 Å². The SMILES string of the molecule is CO[C@@](C(=O)Nc1cncc(-c2cncc3cccnc23)c1C)(c1ccccn1)c1ncco1. The van der Waals surface area contributed by atoms with Crippen molar-refractivity contribution in [2.24, 2.45) is 0 Å². The van der Waals surface area contributed by atoms with Crippen molar-refractivity contribution < 1.29 is 13.9 Å². The number of nitrogens with one attached hydrogen (secondary N) is 1. The van der Waals surface area contributed by atoms with Gasteiger partial charge in [-0.3, -0.25) is 24.7 Å². The Labute approximate surface area is 194 Å². The van der Waals surface area contributed by atoms with E-state index >= 15 is 0 Å². The predicted octanol–water partition coefficient (Wildman–Crippen LogP) is 3.91. The minimum atomic E-state index is -1.70. The lowest BCUT2D eigenvalue weighted by atomic mass is 9.96. The fourth-order valence-corrected chi connectivity index (χ4v) is 3.91. The molecule has 5 heterocycles. The number of carbonyl (C=O) groups is 1. The molecule has 0 radical (unpaired) electrons. The fourth-order valence-electron chi connectivity index (χ4n) is 3.91. The Hall–Kier alpha value is -4.50. The molecule has 0 aliphatic rings. The first-order valence-electron chi connectivity index (χ1n) is 10.5. The number of nitrogens with zero attached hydrogens (tertiary/aromatic N) is 5. The van der Waals surface area contributed by atoms with E-state index in [0.29, 0.717) is 11.4 Å². The van der Waals surface area contributed by atoms with E-state index in [4.69, 9.17) is 9.15 Å². The van der Waals surface area contributed by atoms with Crippen LogP contribution in [-0.4, -0.2) is 37.9 Å². The number of aromatic nitrogens is 5. The lowest BCUT2D eigenvalue weighted by Crippen LogP contribution is -2.44. The van der Waals surface area contributed by atoms with Gasteiger partial charge in [0.05, 0.1) is 29.3 Å². The van der Waals surface area contributed by atoms with E-state index < -0.39 is 11.5 Å². The van der Waals surface area contributed by atoms with Gasteiger partial charge in [0.2, 0.25) is 5.89 Å². The zero-order valence-electron chi connectivity index (χ0n) is 18.5. The van der Waals surface area contributed by atoms with Crippen molar-refractivity contribution in [1.82, 2.24) is 24.9 Å². The second kappa shape index (κ2) is 8.80. The summed E-state index contributed by atoms with van der Waals surface area (Å²) in [5, 5.41) is 3.85. The lowest BCUT2D eigenvalue weighted by molar-refractivity contribution is -0.136. The number of oxazole rings is 1. The molecule has 1 atom stereocenters. The van der Waals surface area contributed by atoms with Crippen molar-refractivity contribution in [2.75, 3.05) is 12.4 Å². The number of rotatable bonds is 6. The van der Waals surface area contributed by atoms with Gasteiger partial charge in [-0.1, -0.05) is 6.07 Å². The van der Waals surface area contributed by atoms with E-state index in [9.17, 15) is 4.79 Å². The van der Waals surface area contributed by atoms with Crippen molar-refractivity contribution in [1.29, 1.82) is 0 Å². The number of carbonyl (C=O) groups excluding carboxylic acids is 1. The zero-order valence-corrected chi connectivity index (χ0v) is 18.5. The first-order valence-corrected chi connectivity index (χ1v) is 10.5. The highest BCUT2D eigenvalue weighted by Crippen LogP contribution is 2.35. The molecule has 1 N–H and O–H groups in total. The molecule has 0 aliphatic carbocycles. The van der Waals surface area contributed by atoms with Crippen molar-refractivity contribution in [3.63, 3.8) is 0 Å². The van der Waals surface area contributed by atoms with E-state index in [2.05, 4.69) is 30.2 Å². The van der Waals surface area contributed by atoms with Gasteiger partial charge in [0.1, 0.15) is 6.26 Å². The van der Waals surface area contributed by atoms with Gasteiger partial charge < -0.3 is 14.5 Å². The largest absolute Gasteiger partial charge is 0.445 e. The Bertz CT molecular complexity index is 1450. The Morgan fingerprint density at radius 1 is 0.941 bits per heavy atom. The van der Waals surface area contributed by atoms with Crippen LogP contribution in [0.15, 0.2) is 84.4 Å². The summed E-state index contributed by atoms with van der Waals surface area (Å²) in [5.74, 6) is -0.456. The molecule has 0 aromatic carbocycles. The fraction of sp³-hybridized carbons (Fsp3) is 0.120. The molecule has 0 saturated heterocycles. The van der Waals surface area contributed by atoms with Gasteiger partial charge in [0.15, 0.2) is 0 Å². The molecule has 0 fully saturated rings. The summed E-state index contributed by atoms with van der Waals surface area (Å²) in [6, 6.07) is 9.01. The average Bonchev–Trinajstić information content (AvgIpc) is 3.42. The Kier molecular flexibility index (Phi) is 5.52. The Morgan fingerprint density at radius 2 is 1.76 bits per heavy atom. The van der Waals surface area contributed by atoms with Crippen molar-refractivity contribution in [2.45, 2.75) is 12.5 Å². The van der Waals surface area contributed by atoms with Crippen molar-refractivity contribution >= 4 is 22.5 Å². The van der Waals surface area contributed by atoms with Crippen LogP contribution in [0.25, 0.3) is 22.0 Å². The van der Waals surface area contributed by atoms with Crippen LogP contribution in [0.2, 0.25) is 0 Å². The summed E-state index contributed by atoms with van der Waals surface area (Å²) in [4.78, 5) is 35.5. The highest BCUT2D eigenvalue weighted by molar-refractivity contribution is 6.01. The van der Waals surface area contributed by atoms with Gasteiger partial charge in [-0.2, -0.15) is 0 Å². The number of hydrogen-bond acceptors (Lipinski definition) is 8. The molecule has 1 amide bonds. The summed E-state index contributed by atoms with van der Waals surface area (Å²) in [5.41, 5.74) is 2.34. The van der Waals surface area contributed by atoms with Gasteiger partial charge >= 0.3 is 0 Å². The lowest BCUT2D eigenvalue weighted by Gasteiger charge is -2.27. The summed E-state index contributed by atoms with van der Waals surface area (Å²) >= 11 is 0. The highest BCUT2D eigenvalue weighted by atomic mass is 16.5. The predicted molar refractivity (Wildman–Crippen MR) is 125 cm³/mol. The average molecular weight is 452 g/mol. The monoisotopic (exact) mass is 452 g/mol. The number of pyridine rings is 4. The van der Waals surface area contributed by atoms with Crippen LogP contribution in [0.5, 0.6) is 0 Å². The molecule has 9 heteroatoms. The Balaban J connectivity index is 1.59. The highest BCUT2D eigenvalue weighted by Gasteiger charge is 2.48. The number of anilines is 1. The molecule has 0 saturated carbocycles. The molecule has 34 heavy (non-hydrogen) atoms. The molecule has 5 aromatic rings. The van der Waals surface area contributed by atoms with Crippen molar-refractivity contribution in [3.05, 3.63) is 97.1 Å². The molecule has 0 bridgehead atoms. The van der Waals surface area contributed by atoms with Gasteiger partial charge in [0, 0.05) is 54.6 Å². The molecule has 5 aromatic heterocycles. The molecule has 5 rings (SSSR count). The third-order valence-corrected chi connectivity index (χ3v) is 5.65. The maximum atomic E-state index is 13.7. The maximum absolute atomic E-state index is 13.7. The van der Waals surface area contributed by atoms with Crippen molar-refractivity contribution in [3.8, 4) is 11.1 Å². The topological polar surface area (TPSA) is 116 Å². The third-order valence-electron chi connectivity index (χ3n) is 5.65. The summed E-state index contributed by atoms with van der Waals surface area (Å²) in [7, 11) is 1.41.